The third-order valence-corrected chi connectivity index (χ3v) is 3.80. The highest BCUT2D eigenvalue weighted by Crippen LogP contribution is 2.22. The van der Waals surface area contributed by atoms with Crippen molar-refractivity contribution in [1.29, 1.82) is 0 Å². The second-order valence-electron chi connectivity index (χ2n) is 5.21. The van der Waals surface area contributed by atoms with Crippen molar-refractivity contribution in [1.82, 2.24) is 10.3 Å². The fraction of sp³-hybridized carbons (Fsp3) is 0.438. The number of ether oxygens (including phenoxy) is 2. The van der Waals surface area contributed by atoms with Crippen LogP contribution in [0.25, 0.3) is 10.9 Å². The summed E-state index contributed by atoms with van der Waals surface area (Å²) >= 11 is 0. The standard InChI is InChI=1S/C16H20N2O2/c1-19-14-4-2-13-3-5-16(18-15(13)10-14)20-11-12-6-8-17-9-7-12/h2-5,10,12,17H,6-9,11H2,1H3. The summed E-state index contributed by atoms with van der Waals surface area (Å²) in [7, 11) is 1.67. The molecule has 1 N–H and O–H groups in total. The van der Waals surface area contributed by atoms with Crippen LogP contribution >= 0.6 is 0 Å². The van der Waals surface area contributed by atoms with Gasteiger partial charge >= 0.3 is 0 Å². The van der Waals surface area contributed by atoms with Crippen LogP contribution in [0.15, 0.2) is 30.3 Å². The van der Waals surface area contributed by atoms with Gasteiger partial charge in [-0.1, -0.05) is 0 Å². The van der Waals surface area contributed by atoms with E-state index in [2.05, 4.69) is 10.3 Å². The van der Waals surface area contributed by atoms with Gasteiger partial charge < -0.3 is 14.8 Å². The van der Waals surface area contributed by atoms with E-state index in [9.17, 15) is 0 Å². The molecule has 0 radical (unpaired) electrons. The number of nitrogens with one attached hydrogen (secondary N) is 1. The van der Waals surface area contributed by atoms with Gasteiger partial charge in [0.05, 0.1) is 19.2 Å². The number of rotatable bonds is 4. The Morgan fingerprint density at radius 1 is 1.20 bits per heavy atom. The van der Waals surface area contributed by atoms with Crippen molar-refractivity contribution in [3.05, 3.63) is 30.3 Å². The van der Waals surface area contributed by atoms with Crippen molar-refractivity contribution in [2.24, 2.45) is 5.92 Å². The van der Waals surface area contributed by atoms with Crippen molar-refractivity contribution in [3.8, 4) is 11.6 Å². The van der Waals surface area contributed by atoms with Crippen molar-refractivity contribution in [2.45, 2.75) is 12.8 Å². The molecule has 0 aliphatic carbocycles. The summed E-state index contributed by atoms with van der Waals surface area (Å²) in [5.41, 5.74) is 0.909. The smallest absolute Gasteiger partial charge is 0.213 e. The Bertz CT molecular complexity index is 580. The molecule has 4 heteroatoms. The Hall–Kier alpha value is -1.81. The van der Waals surface area contributed by atoms with Gasteiger partial charge in [0.1, 0.15) is 5.75 Å². The first-order valence-corrected chi connectivity index (χ1v) is 7.13. The van der Waals surface area contributed by atoms with Crippen molar-refractivity contribution in [2.75, 3.05) is 26.8 Å². The van der Waals surface area contributed by atoms with Gasteiger partial charge in [-0.05, 0) is 50.0 Å². The molecule has 2 aromatic rings. The van der Waals surface area contributed by atoms with E-state index in [4.69, 9.17) is 9.47 Å². The molecule has 1 aliphatic heterocycles. The van der Waals surface area contributed by atoms with Crippen LogP contribution in [0.3, 0.4) is 0 Å². The Labute approximate surface area is 119 Å². The molecule has 0 unspecified atom stereocenters. The summed E-state index contributed by atoms with van der Waals surface area (Å²) in [5, 5.41) is 4.46. The van der Waals surface area contributed by atoms with E-state index in [0.29, 0.717) is 11.8 Å². The molecule has 0 atom stereocenters. The topological polar surface area (TPSA) is 43.4 Å². The molecular weight excluding hydrogens is 252 g/mol. The van der Waals surface area contributed by atoms with Crippen LogP contribution in [0.4, 0.5) is 0 Å². The largest absolute Gasteiger partial charge is 0.497 e. The van der Waals surface area contributed by atoms with E-state index in [-0.39, 0.29) is 0 Å². The maximum atomic E-state index is 5.85. The fourth-order valence-corrected chi connectivity index (χ4v) is 2.54. The summed E-state index contributed by atoms with van der Waals surface area (Å²) in [6, 6.07) is 9.87. The summed E-state index contributed by atoms with van der Waals surface area (Å²) in [4.78, 5) is 4.55. The van der Waals surface area contributed by atoms with E-state index < -0.39 is 0 Å². The summed E-state index contributed by atoms with van der Waals surface area (Å²) in [6.45, 7) is 2.94. The molecule has 1 fully saturated rings. The molecule has 1 aromatic carbocycles. The normalized spacial score (nSPS) is 16.2. The Kier molecular flexibility index (Phi) is 4.02. The monoisotopic (exact) mass is 272 g/mol. The maximum Gasteiger partial charge on any atom is 0.213 e. The van der Waals surface area contributed by atoms with Crippen LogP contribution in [0.2, 0.25) is 0 Å². The molecule has 4 nitrogen and oxygen atoms in total. The van der Waals surface area contributed by atoms with E-state index in [1.165, 1.54) is 12.8 Å². The maximum absolute atomic E-state index is 5.85. The van der Waals surface area contributed by atoms with Crippen LogP contribution in [-0.2, 0) is 0 Å². The van der Waals surface area contributed by atoms with Gasteiger partial charge in [-0.15, -0.1) is 0 Å². The molecule has 106 valence electrons. The number of hydrogen-bond acceptors (Lipinski definition) is 4. The van der Waals surface area contributed by atoms with Crippen LogP contribution < -0.4 is 14.8 Å². The second kappa shape index (κ2) is 6.09. The summed E-state index contributed by atoms with van der Waals surface area (Å²) in [5.74, 6) is 2.16. The molecule has 0 saturated carbocycles. The lowest BCUT2D eigenvalue weighted by atomic mass is 9.99. The SMILES string of the molecule is COc1ccc2ccc(OCC3CCNCC3)nc2c1. The van der Waals surface area contributed by atoms with E-state index in [0.717, 1.165) is 36.3 Å². The Balaban J connectivity index is 1.71. The molecule has 0 amide bonds. The van der Waals surface area contributed by atoms with Gasteiger partial charge in [0.25, 0.3) is 0 Å². The predicted octanol–water partition coefficient (Wildman–Crippen LogP) is 2.62. The number of methoxy groups -OCH3 is 1. The minimum atomic E-state index is 0.638. The van der Waals surface area contributed by atoms with Gasteiger partial charge in [-0.2, -0.15) is 0 Å². The fourth-order valence-electron chi connectivity index (χ4n) is 2.54. The van der Waals surface area contributed by atoms with Crippen LogP contribution in [-0.4, -0.2) is 31.8 Å². The lowest BCUT2D eigenvalue weighted by molar-refractivity contribution is 0.209. The number of nitrogens with zero attached hydrogens (tertiary/aromatic N) is 1. The number of benzene rings is 1. The van der Waals surface area contributed by atoms with Gasteiger partial charge in [0, 0.05) is 17.5 Å². The molecule has 3 rings (SSSR count). The minimum Gasteiger partial charge on any atom is -0.497 e. The average Bonchev–Trinajstić information content (AvgIpc) is 2.53. The average molecular weight is 272 g/mol. The van der Waals surface area contributed by atoms with E-state index in [1.54, 1.807) is 7.11 Å². The molecule has 1 saturated heterocycles. The first-order valence-electron chi connectivity index (χ1n) is 7.13. The molecule has 0 bridgehead atoms. The zero-order valence-corrected chi connectivity index (χ0v) is 11.8. The highest BCUT2D eigenvalue weighted by molar-refractivity contribution is 5.80. The molecule has 1 aromatic heterocycles. The van der Waals surface area contributed by atoms with Crippen molar-refractivity contribution < 1.29 is 9.47 Å². The van der Waals surface area contributed by atoms with Gasteiger partial charge in [0.15, 0.2) is 0 Å². The van der Waals surface area contributed by atoms with Gasteiger partial charge in [0.2, 0.25) is 5.88 Å². The lowest BCUT2D eigenvalue weighted by Gasteiger charge is -2.22. The number of piperidine rings is 1. The first kappa shape index (κ1) is 13.2. The number of pyridine rings is 1. The van der Waals surface area contributed by atoms with Gasteiger partial charge in [-0.25, -0.2) is 4.98 Å². The van der Waals surface area contributed by atoms with Crippen LogP contribution in [0.1, 0.15) is 12.8 Å². The lowest BCUT2D eigenvalue weighted by Crippen LogP contribution is -2.30. The van der Waals surface area contributed by atoms with E-state index in [1.807, 2.05) is 30.3 Å². The van der Waals surface area contributed by atoms with Gasteiger partial charge in [-0.3, -0.25) is 0 Å². The molecule has 2 heterocycles. The summed E-state index contributed by atoms with van der Waals surface area (Å²) in [6.07, 6.45) is 2.36. The molecule has 1 aliphatic rings. The van der Waals surface area contributed by atoms with E-state index >= 15 is 0 Å². The molecular formula is C16H20N2O2. The zero-order valence-electron chi connectivity index (χ0n) is 11.8. The highest BCUT2D eigenvalue weighted by atomic mass is 16.5. The Morgan fingerprint density at radius 2 is 2.00 bits per heavy atom. The number of fused-ring (bicyclic) bond motifs is 1. The number of aromatic nitrogens is 1. The van der Waals surface area contributed by atoms with Crippen LogP contribution in [0.5, 0.6) is 11.6 Å². The molecule has 0 spiro atoms. The predicted molar refractivity (Wildman–Crippen MR) is 79.4 cm³/mol. The number of hydrogen-bond donors (Lipinski definition) is 1. The molecule has 20 heavy (non-hydrogen) atoms. The third kappa shape index (κ3) is 3.02. The first-order chi connectivity index (χ1) is 9.85. The minimum absolute atomic E-state index is 0.638. The Morgan fingerprint density at radius 3 is 2.80 bits per heavy atom. The van der Waals surface area contributed by atoms with Crippen molar-refractivity contribution in [3.63, 3.8) is 0 Å². The quantitative estimate of drug-likeness (QED) is 0.929. The zero-order chi connectivity index (χ0) is 13.8. The third-order valence-electron chi connectivity index (χ3n) is 3.80. The second-order valence-corrected chi connectivity index (χ2v) is 5.21. The van der Waals surface area contributed by atoms with Crippen LogP contribution in [0, 0.1) is 5.92 Å². The summed E-state index contributed by atoms with van der Waals surface area (Å²) < 4.78 is 11.1. The highest BCUT2D eigenvalue weighted by Gasteiger charge is 2.13. The van der Waals surface area contributed by atoms with Crippen molar-refractivity contribution >= 4 is 10.9 Å².